The highest BCUT2D eigenvalue weighted by Gasteiger charge is 2.37. The Bertz CT molecular complexity index is 1300. The molecule has 2 N–H and O–H groups in total. The molecule has 0 unspecified atom stereocenters. The molecule has 0 aromatic heterocycles. The van der Waals surface area contributed by atoms with Crippen LogP contribution in [-0.2, 0) is 40.3 Å². The van der Waals surface area contributed by atoms with Crippen molar-refractivity contribution in [3.8, 4) is 6.07 Å². The molecule has 1 aliphatic rings. The molecule has 0 radical (unpaired) electrons. The van der Waals surface area contributed by atoms with E-state index in [-0.39, 0.29) is 26.0 Å². The third kappa shape index (κ3) is 5.70. The van der Waals surface area contributed by atoms with Gasteiger partial charge in [0.25, 0.3) is 0 Å². The topological polar surface area (TPSA) is 120 Å². The number of carboxylic acid groups (broad SMARTS) is 1. The minimum absolute atomic E-state index is 0.0505. The highest BCUT2D eigenvalue weighted by atomic mass is 16.6. The van der Waals surface area contributed by atoms with E-state index in [9.17, 15) is 24.8 Å². The van der Waals surface area contributed by atoms with Crippen molar-refractivity contribution in [2.24, 2.45) is 0 Å². The summed E-state index contributed by atoms with van der Waals surface area (Å²) in [7, 11) is 0. The second kappa shape index (κ2) is 11.2. The SMILES string of the molecule is N#Cc1ccccc1C[C@H](NC(=O)[C@@H]1Cc2ccccc2CN1C(=O)OCc1ccccc1)C(=O)O. The van der Waals surface area contributed by atoms with Crippen molar-refractivity contribution < 1.29 is 24.2 Å². The van der Waals surface area contributed by atoms with Gasteiger partial charge in [-0.1, -0.05) is 72.8 Å². The Morgan fingerprint density at radius 1 is 1.00 bits per heavy atom. The molecule has 182 valence electrons. The predicted molar refractivity (Wildman–Crippen MR) is 131 cm³/mol. The lowest BCUT2D eigenvalue weighted by Crippen LogP contribution is -2.56. The van der Waals surface area contributed by atoms with Crippen molar-refractivity contribution in [2.45, 2.75) is 38.1 Å². The lowest BCUT2D eigenvalue weighted by Gasteiger charge is -2.35. The van der Waals surface area contributed by atoms with Crippen molar-refractivity contribution in [2.75, 3.05) is 0 Å². The number of nitrogens with zero attached hydrogens (tertiary/aromatic N) is 2. The molecule has 2 amide bonds. The number of carbonyl (C=O) groups excluding carboxylic acids is 2. The minimum Gasteiger partial charge on any atom is -0.480 e. The number of hydrogen-bond donors (Lipinski definition) is 2. The molecule has 4 rings (SSSR count). The zero-order valence-corrected chi connectivity index (χ0v) is 19.5. The third-order valence-corrected chi connectivity index (χ3v) is 6.17. The number of benzene rings is 3. The summed E-state index contributed by atoms with van der Waals surface area (Å²) in [6.45, 7) is 0.214. The standard InChI is InChI=1S/C28H25N3O5/c29-16-22-12-6-4-10-20(22)14-24(27(33)34)30-26(32)25-15-21-11-5-7-13-23(21)17-31(25)28(35)36-18-19-8-2-1-3-9-19/h1-13,24-25H,14-15,17-18H2,(H,30,32)(H,33,34)/t24-,25-/m0/s1. The summed E-state index contributed by atoms with van der Waals surface area (Å²) in [6.07, 6.45) is -0.494. The van der Waals surface area contributed by atoms with Crippen molar-refractivity contribution in [1.82, 2.24) is 10.2 Å². The zero-order valence-electron chi connectivity index (χ0n) is 19.5. The van der Waals surface area contributed by atoms with E-state index in [1.807, 2.05) is 60.7 Å². The van der Waals surface area contributed by atoms with Crippen molar-refractivity contribution in [3.05, 3.63) is 107 Å². The first-order valence-electron chi connectivity index (χ1n) is 11.5. The van der Waals surface area contributed by atoms with Gasteiger partial charge in [-0.2, -0.15) is 5.26 Å². The minimum atomic E-state index is -1.27. The van der Waals surface area contributed by atoms with Crippen molar-refractivity contribution in [1.29, 1.82) is 5.26 Å². The van der Waals surface area contributed by atoms with E-state index >= 15 is 0 Å². The maximum absolute atomic E-state index is 13.4. The van der Waals surface area contributed by atoms with Gasteiger partial charge in [-0.3, -0.25) is 9.69 Å². The second-order valence-electron chi connectivity index (χ2n) is 8.53. The number of ether oxygens (including phenoxy) is 1. The van der Waals surface area contributed by atoms with Crippen LogP contribution in [0.4, 0.5) is 4.79 Å². The number of rotatable bonds is 7. The number of fused-ring (bicyclic) bond motifs is 1. The van der Waals surface area contributed by atoms with Crippen LogP contribution in [0.2, 0.25) is 0 Å². The first-order valence-corrected chi connectivity index (χ1v) is 11.5. The van der Waals surface area contributed by atoms with Crippen LogP contribution in [-0.4, -0.2) is 40.1 Å². The van der Waals surface area contributed by atoms with Crippen LogP contribution in [0.25, 0.3) is 0 Å². The lowest BCUT2D eigenvalue weighted by atomic mass is 9.93. The fourth-order valence-corrected chi connectivity index (χ4v) is 4.25. The fourth-order valence-electron chi connectivity index (χ4n) is 4.25. The summed E-state index contributed by atoms with van der Waals surface area (Å²) < 4.78 is 5.50. The number of amides is 2. The van der Waals surface area contributed by atoms with E-state index in [2.05, 4.69) is 5.32 Å². The van der Waals surface area contributed by atoms with Gasteiger partial charge in [-0.15, -0.1) is 0 Å². The third-order valence-electron chi connectivity index (χ3n) is 6.17. The van der Waals surface area contributed by atoms with Crippen LogP contribution in [0, 0.1) is 11.3 Å². The summed E-state index contributed by atoms with van der Waals surface area (Å²) in [5.74, 6) is -1.83. The van der Waals surface area contributed by atoms with Crippen LogP contribution in [0.3, 0.4) is 0 Å². The van der Waals surface area contributed by atoms with Crippen LogP contribution < -0.4 is 5.32 Å². The summed E-state index contributed by atoms with van der Waals surface area (Å²) in [5.41, 5.74) is 3.48. The Morgan fingerprint density at radius 3 is 2.39 bits per heavy atom. The normalized spacial score (nSPS) is 15.2. The van der Waals surface area contributed by atoms with Gasteiger partial charge < -0.3 is 15.2 Å². The van der Waals surface area contributed by atoms with Crippen molar-refractivity contribution in [3.63, 3.8) is 0 Å². The predicted octanol–water partition coefficient (Wildman–Crippen LogP) is 3.43. The quantitative estimate of drug-likeness (QED) is 0.531. The van der Waals surface area contributed by atoms with Gasteiger partial charge in [0.2, 0.25) is 5.91 Å². The molecule has 1 heterocycles. The van der Waals surface area contributed by atoms with E-state index in [1.54, 1.807) is 24.3 Å². The highest BCUT2D eigenvalue weighted by molar-refractivity contribution is 5.90. The molecular weight excluding hydrogens is 458 g/mol. The maximum atomic E-state index is 13.4. The molecule has 0 bridgehead atoms. The molecule has 3 aromatic carbocycles. The lowest BCUT2D eigenvalue weighted by molar-refractivity contribution is -0.142. The van der Waals surface area contributed by atoms with E-state index in [0.717, 1.165) is 16.7 Å². The van der Waals surface area contributed by atoms with Gasteiger partial charge in [-0.05, 0) is 28.3 Å². The zero-order chi connectivity index (χ0) is 25.5. The molecule has 8 nitrogen and oxygen atoms in total. The largest absolute Gasteiger partial charge is 0.480 e. The first kappa shape index (κ1) is 24.5. The molecule has 8 heteroatoms. The number of carboxylic acids is 1. The summed E-state index contributed by atoms with van der Waals surface area (Å²) in [6, 6.07) is 23.2. The number of nitriles is 1. The van der Waals surface area contributed by atoms with Gasteiger partial charge in [0.15, 0.2) is 0 Å². The summed E-state index contributed by atoms with van der Waals surface area (Å²) in [5, 5.41) is 21.7. The first-order chi connectivity index (χ1) is 17.5. The van der Waals surface area contributed by atoms with Gasteiger partial charge in [0, 0.05) is 12.8 Å². The molecule has 0 aliphatic carbocycles. The number of hydrogen-bond acceptors (Lipinski definition) is 5. The van der Waals surface area contributed by atoms with Gasteiger partial charge in [0.1, 0.15) is 18.7 Å². The Morgan fingerprint density at radius 2 is 1.67 bits per heavy atom. The molecule has 3 aromatic rings. The summed E-state index contributed by atoms with van der Waals surface area (Å²) >= 11 is 0. The molecular formula is C28H25N3O5. The molecule has 0 saturated heterocycles. The van der Waals surface area contributed by atoms with E-state index in [1.165, 1.54) is 4.90 Å². The second-order valence-corrected chi connectivity index (χ2v) is 8.53. The number of aliphatic carboxylic acids is 1. The number of nitrogens with one attached hydrogen (secondary N) is 1. The Labute approximate surface area is 208 Å². The molecule has 36 heavy (non-hydrogen) atoms. The highest BCUT2D eigenvalue weighted by Crippen LogP contribution is 2.25. The number of carbonyl (C=O) groups is 3. The van der Waals surface area contributed by atoms with Crippen molar-refractivity contribution >= 4 is 18.0 Å². The maximum Gasteiger partial charge on any atom is 0.411 e. The summed E-state index contributed by atoms with van der Waals surface area (Å²) in [4.78, 5) is 39.8. The average molecular weight is 484 g/mol. The van der Waals surface area contributed by atoms with Gasteiger partial charge >= 0.3 is 12.1 Å². The Balaban J connectivity index is 1.53. The van der Waals surface area contributed by atoms with Crippen LogP contribution in [0.5, 0.6) is 0 Å². The molecule has 1 aliphatic heterocycles. The Kier molecular flexibility index (Phi) is 7.61. The molecule has 2 atom stereocenters. The Hall–Kier alpha value is -4.64. The van der Waals surface area contributed by atoms with E-state index in [4.69, 9.17) is 4.74 Å². The average Bonchev–Trinajstić information content (AvgIpc) is 2.91. The monoisotopic (exact) mass is 483 g/mol. The molecule has 0 spiro atoms. The van der Waals surface area contributed by atoms with Crippen LogP contribution >= 0.6 is 0 Å². The van der Waals surface area contributed by atoms with Crippen LogP contribution in [0.1, 0.15) is 27.8 Å². The van der Waals surface area contributed by atoms with Gasteiger partial charge in [0.05, 0.1) is 18.2 Å². The van der Waals surface area contributed by atoms with E-state index < -0.39 is 30.1 Å². The van der Waals surface area contributed by atoms with Crippen LogP contribution in [0.15, 0.2) is 78.9 Å². The van der Waals surface area contributed by atoms with E-state index in [0.29, 0.717) is 11.1 Å². The molecule has 0 fully saturated rings. The molecule has 0 saturated carbocycles. The smallest absolute Gasteiger partial charge is 0.411 e. The van der Waals surface area contributed by atoms with Gasteiger partial charge in [-0.25, -0.2) is 9.59 Å². The fraction of sp³-hybridized carbons (Fsp3) is 0.214.